The van der Waals surface area contributed by atoms with Crippen LogP contribution in [0.4, 0.5) is 4.79 Å². The van der Waals surface area contributed by atoms with Gasteiger partial charge in [0.25, 0.3) is 0 Å². The monoisotopic (exact) mass is 584 g/mol. The van der Waals surface area contributed by atoms with Crippen molar-refractivity contribution in [1.29, 1.82) is 0 Å². The van der Waals surface area contributed by atoms with Crippen molar-refractivity contribution in [2.24, 2.45) is 0 Å². The molecule has 2 fully saturated rings. The molecule has 2 saturated heterocycles. The molecule has 2 bridgehead atoms. The molecule has 6 rings (SSSR count). The Balaban J connectivity index is 1.21. The van der Waals surface area contributed by atoms with Gasteiger partial charge in [-0.3, -0.25) is 4.90 Å². The standard InChI is InChI=1S/C31H40N2O9/c1-17(39-27(35)19-8-7-14-33(19)28(36)42-29(2,3)4)26(34)40-21-11-12-31(37)22-16-18-9-10-20(38-6)24-23(18)30(31,25(21)41-24)13-15-32(22)5/h9-11,17,19,22,25,37H,7-8,12-16H2,1-6H3/t17?,19?,22-,25+,30+,31-/m1/s1. The van der Waals surface area contributed by atoms with Crippen LogP contribution in [0.15, 0.2) is 24.0 Å². The molecule has 1 spiro atoms. The Kier molecular flexibility index (Phi) is 6.77. The first kappa shape index (κ1) is 28.8. The normalized spacial score (nSPS) is 31.8. The molecule has 5 aliphatic rings. The first-order chi connectivity index (χ1) is 19.8. The highest BCUT2D eigenvalue weighted by Crippen LogP contribution is 2.65. The van der Waals surface area contributed by atoms with Crippen LogP contribution in [0.3, 0.4) is 0 Å². The maximum atomic E-state index is 13.3. The average molecular weight is 585 g/mol. The number of aliphatic hydroxyl groups is 1. The minimum atomic E-state index is -1.23. The van der Waals surface area contributed by atoms with Crippen LogP contribution in [-0.2, 0) is 35.6 Å². The summed E-state index contributed by atoms with van der Waals surface area (Å²) in [6, 6.07) is 2.95. The summed E-state index contributed by atoms with van der Waals surface area (Å²) in [5.74, 6) is -0.00851. The Morgan fingerprint density at radius 3 is 2.67 bits per heavy atom. The van der Waals surface area contributed by atoms with Gasteiger partial charge in [-0.2, -0.15) is 0 Å². The Morgan fingerprint density at radius 1 is 1.19 bits per heavy atom. The molecular weight excluding hydrogens is 544 g/mol. The Bertz CT molecular complexity index is 1350. The van der Waals surface area contributed by atoms with Crippen molar-refractivity contribution in [3.63, 3.8) is 0 Å². The van der Waals surface area contributed by atoms with E-state index in [9.17, 15) is 19.5 Å². The number of ether oxygens (including phenoxy) is 5. The van der Waals surface area contributed by atoms with Crippen molar-refractivity contribution < 1.29 is 43.2 Å². The second kappa shape index (κ2) is 9.87. The molecule has 2 unspecified atom stereocenters. The van der Waals surface area contributed by atoms with Gasteiger partial charge < -0.3 is 33.7 Å². The molecule has 6 atom stereocenters. The highest BCUT2D eigenvalue weighted by molar-refractivity contribution is 5.85. The summed E-state index contributed by atoms with van der Waals surface area (Å²) in [6.45, 7) is 7.84. The molecular formula is C31H40N2O9. The lowest BCUT2D eigenvalue weighted by atomic mass is 9.50. The zero-order chi connectivity index (χ0) is 30.2. The molecule has 1 amide bonds. The number of benzene rings is 1. The third kappa shape index (κ3) is 4.18. The van der Waals surface area contributed by atoms with Crippen LogP contribution in [0.1, 0.15) is 64.5 Å². The molecule has 2 aliphatic carbocycles. The van der Waals surface area contributed by atoms with Crippen molar-refractivity contribution in [1.82, 2.24) is 9.80 Å². The molecule has 1 N–H and O–H groups in total. The van der Waals surface area contributed by atoms with E-state index in [-0.39, 0.29) is 12.5 Å². The second-order valence-corrected chi connectivity index (χ2v) is 13.1. The number of methoxy groups -OCH3 is 1. The molecule has 3 heterocycles. The van der Waals surface area contributed by atoms with E-state index >= 15 is 0 Å². The number of piperidine rings is 1. The highest BCUT2D eigenvalue weighted by Gasteiger charge is 2.72. The number of esters is 2. The SMILES string of the molecule is COc1ccc2c3c1O[C@H]1C(OC(=O)C(C)OC(=O)C4CCCN4C(=O)OC(C)(C)C)=CC[C@@]4(O)[C@@H](C2)N(C)CC[C@]314. The van der Waals surface area contributed by atoms with Gasteiger partial charge in [0.2, 0.25) is 0 Å². The molecule has 11 nitrogen and oxygen atoms in total. The number of carbonyl (C=O) groups is 3. The Labute approximate surface area is 245 Å². The number of carbonyl (C=O) groups excluding carboxylic acids is 3. The van der Waals surface area contributed by atoms with Gasteiger partial charge in [-0.25, -0.2) is 14.4 Å². The van der Waals surface area contributed by atoms with Gasteiger partial charge in [0.15, 0.2) is 23.7 Å². The van der Waals surface area contributed by atoms with Crippen molar-refractivity contribution >= 4 is 18.0 Å². The summed E-state index contributed by atoms with van der Waals surface area (Å²) < 4.78 is 29.0. The molecule has 3 aliphatic heterocycles. The number of amides is 1. The number of hydrogen-bond donors (Lipinski definition) is 1. The molecule has 1 aromatic carbocycles. The lowest BCUT2D eigenvalue weighted by Gasteiger charge is -2.61. The lowest BCUT2D eigenvalue weighted by Crippen LogP contribution is -2.74. The Morgan fingerprint density at radius 2 is 1.95 bits per heavy atom. The van der Waals surface area contributed by atoms with Crippen LogP contribution in [0.5, 0.6) is 11.5 Å². The van der Waals surface area contributed by atoms with E-state index < -0.39 is 52.9 Å². The summed E-state index contributed by atoms with van der Waals surface area (Å²) in [6.07, 6.45) is 1.76. The quantitative estimate of drug-likeness (QED) is 0.408. The third-order valence-electron chi connectivity index (χ3n) is 9.55. The second-order valence-electron chi connectivity index (χ2n) is 13.1. The molecule has 0 radical (unpaired) electrons. The van der Waals surface area contributed by atoms with Crippen molar-refractivity contribution in [3.05, 3.63) is 35.1 Å². The van der Waals surface area contributed by atoms with Gasteiger partial charge in [-0.05, 0) is 84.7 Å². The third-order valence-corrected chi connectivity index (χ3v) is 9.55. The molecule has 11 heteroatoms. The van der Waals surface area contributed by atoms with Crippen molar-refractivity contribution in [2.45, 2.75) is 101 Å². The number of nitrogens with zero attached hydrogens (tertiary/aromatic N) is 2. The topological polar surface area (TPSA) is 124 Å². The van der Waals surface area contributed by atoms with E-state index in [0.29, 0.717) is 49.5 Å². The summed E-state index contributed by atoms with van der Waals surface area (Å²) in [5.41, 5.74) is -0.622. The van der Waals surface area contributed by atoms with Gasteiger partial charge in [0.1, 0.15) is 17.4 Å². The smallest absolute Gasteiger partial charge is 0.411 e. The van der Waals surface area contributed by atoms with Gasteiger partial charge >= 0.3 is 18.0 Å². The van der Waals surface area contributed by atoms with E-state index in [2.05, 4.69) is 4.90 Å². The first-order valence-electron chi connectivity index (χ1n) is 14.7. The minimum absolute atomic E-state index is 0.128. The van der Waals surface area contributed by atoms with Gasteiger partial charge in [-0.15, -0.1) is 0 Å². The molecule has 42 heavy (non-hydrogen) atoms. The summed E-state index contributed by atoms with van der Waals surface area (Å²) in [4.78, 5) is 42.6. The summed E-state index contributed by atoms with van der Waals surface area (Å²) in [7, 11) is 3.61. The zero-order valence-electron chi connectivity index (χ0n) is 25.1. The van der Waals surface area contributed by atoms with Crippen LogP contribution >= 0.6 is 0 Å². The van der Waals surface area contributed by atoms with Crippen molar-refractivity contribution in [3.8, 4) is 11.5 Å². The number of likely N-dealkylation sites (tertiary alicyclic amines) is 2. The van der Waals surface area contributed by atoms with Gasteiger partial charge in [0.05, 0.1) is 18.1 Å². The maximum absolute atomic E-state index is 13.3. The van der Waals surface area contributed by atoms with E-state index in [1.807, 2.05) is 19.2 Å². The van der Waals surface area contributed by atoms with Gasteiger partial charge in [-0.1, -0.05) is 6.07 Å². The number of likely N-dealkylation sites (N-methyl/N-ethyl adjacent to an activating group) is 1. The van der Waals surface area contributed by atoms with Crippen LogP contribution in [0, 0.1) is 0 Å². The van der Waals surface area contributed by atoms with Gasteiger partial charge in [0, 0.05) is 24.6 Å². The first-order valence-corrected chi connectivity index (χ1v) is 14.7. The number of rotatable bonds is 5. The van der Waals surface area contributed by atoms with Crippen LogP contribution in [0.2, 0.25) is 0 Å². The Hall–Kier alpha value is -3.31. The fourth-order valence-electron chi connectivity index (χ4n) is 7.64. The minimum Gasteiger partial charge on any atom is -0.493 e. The highest BCUT2D eigenvalue weighted by atomic mass is 16.6. The largest absolute Gasteiger partial charge is 0.493 e. The predicted molar refractivity (Wildman–Crippen MR) is 149 cm³/mol. The fourth-order valence-corrected chi connectivity index (χ4v) is 7.64. The van der Waals surface area contributed by atoms with E-state index in [1.165, 1.54) is 11.8 Å². The van der Waals surface area contributed by atoms with Crippen LogP contribution < -0.4 is 9.47 Å². The van der Waals surface area contributed by atoms with Crippen LogP contribution in [0.25, 0.3) is 0 Å². The lowest BCUT2D eigenvalue weighted by molar-refractivity contribution is -0.176. The fraction of sp³-hybridized carbons (Fsp3) is 0.645. The van der Waals surface area contributed by atoms with E-state index in [0.717, 1.165) is 17.7 Å². The number of hydrogen-bond acceptors (Lipinski definition) is 10. The molecule has 228 valence electrons. The predicted octanol–water partition coefficient (Wildman–Crippen LogP) is 2.85. The summed E-state index contributed by atoms with van der Waals surface area (Å²) >= 11 is 0. The molecule has 0 aromatic heterocycles. The zero-order valence-corrected chi connectivity index (χ0v) is 25.1. The average Bonchev–Trinajstić information content (AvgIpc) is 3.55. The van der Waals surface area contributed by atoms with E-state index in [4.69, 9.17) is 23.7 Å². The molecule has 0 saturated carbocycles. The van der Waals surface area contributed by atoms with Crippen molar-refractivity contribution in [2.75, 3.05) is 27.2 Å². The van der Waals surface area contributed by atoms with E-state index in [1.54, 1.807) is 34.0 Å². The maximum Gasteiger partial charge on any atom is 0.411 e. The molecule has 1 aromatic rings. The summed E-state index contributed by atoms with van der Waals surface area (Å²) in [5, 5.41) is 12.3. The van der Waals surface area contributed by atoms with Crippen LogP contribution in [-0.4, -0.2) is 95.7 Å².